The van der Waals surface area contributed by atoms with Gasteiger partial charge in [0.25, 0.3) is 5.12 Å². The summed E-state index contributed by atoms with van der Waals surface area (Å²) >= 11 is 0. The minimum atomic E-state index is -1.35. The second kappa shape index (κ2) is 12.8. The lowest BCUT2D eigenvalue weighted by Gasteiger charge is -2.08. The van der Waals surface area contributed by atoms with E-state index in [9.17, 15) is 24.0 Å². The Morgan fingerprint density at radius 1 is 0.680 bits per heavy atom. The summed E-state index contributed by atoms with van der Waals surface area (Å²) in [5.41, 5.74) is 0. The first-order valence-corrected chi connectivity index (χ1v) is 9.97. The molecule has 25 heavy (non-hydrogen) atoms. The molecule has 0 spiro atoms. The predicted octanol–water partition coefficient (Wildman–Crippen LogP) is -2.65. The third kappa shape index (κ3) is 10.2. The van der Waals surface area contributed by atoms with Gasteiger partial charge in [-0.2, -0.15) is 0 Å². The third-order valence-corrected chi connectivity index (χ3v) is 5.05. The van der Waals surface area contributed by atoms with Gasteiger partial charge in [-0.25, -0.2) is 0 Å². The smallest absolute Gasteiger partial charge is 0.315 e. The van der Waals surface area contributed by atoms with Crippen LogP contribution in [0.25, 0.3) is 0 Å². The molecule has 0 aliphatic carbocycles. The lowest BCUT2D eigenvalue weighted by molar-refractivity contribution is -0.145. The van der Waals surface area contributed by atoms with Crippen molar-refractivity contribution in [2.24, 2.45) is 0 Å². The Morgan fingerprint density at radius 2 is 1.28 bits per heavy atom. The van der Waals surface area contributed by atoms with Crippen molar-refractivity contribution in [1.29, 1.82) is 0 Å². The van der Waals surface area contributed by atoms with Gasteiger partial charge in [-0.1, -0.05) is 10.8 Å². The van der Waals surface area contributed by atoms with E-state index in [1.54, 1.807) is 5.32 Å². The molecule has 12 heteroatoms. The van der Waals surface area contributed by atoms with Gasteiger partial charge < -0.3 is 16.0 Å². The van der Waals surface area contributed by atoms with E-state index < -0.39 is 28.7 Å². The Labute approximate surface area is 152 Å². The number of hydrogen-bond donors (Lipinski definition) is 5. The Morgan fingerprint density at radius 3 is 2.00 bits per heavy atom. The van der Waals surface area contributed by atoms with Gasteiger partial charge in [-0.15, -0.1) is 0 Å². The molecule has 1 heterocycles. The molecule has 10 nitrogen and oxygen atoms in total. The van der Waals surface area contributed by atoms with Crippen LogP contribution in [0.4, 0.5) is 0 Å². The zero-order valence-corrected chi connectivity index (χ0v) is 15.1. The van der Waals surface area contributed by atoms with Crippen LogP contribution in [-0.4, -0.2) is 73.8 Å². The fraction of sp³-hybridized carbons (Fsp3) is 0.615. The van der Waals surface area contributed by atoms with Gasteiger partial charge in [0.2, 0.25) is 5.91 Å². The van der Waals surface area contributed by atoms with Crippen molar-refractivity contribution in [3.63, 3.8) is 0 Å². The summed E-state index contributed by atoms with van der Waals surface area (Å²) in [5, 5.41) is 11.8. The second-order valence-electron chi connectivity index (χ2n) is 4.88. The average Bonchev–Trinajstić information content (AvgIpc) is 2.57. The maximum atomic E-state index is 11.6. The molecule has 5 N–H and O–H groups in total. The summed E-state index contributed by atoms with van der Waals surface area (Å²) in [6.07, 6.45) is 0.817. The summed E-state index contributed by atoms with van der Waals surface area (Å²) in [4.78, 5) is 57.5. The van der Waals surface area contributed by atoms with Gasteiger partial charge in [-0.3, -0.25) is 34.6 Å². The van der Waals surface area contributed by atoms with Crippen LogP contribution in [0.15, 0.2) is 0 Å². The molecule has 140 valence electrons. The number of nitrogens with one attached hydrogen (secondary N) is 5. The van der Waals surface area contributed by atoms with Gasteiger partial charge in [0.15, 0.2) is 0 Å². The molecular formula is C13H21N5O5S2. The van der Waals surface area contributed by atoms with E-state index in [0.29, 0.717) is 29.6 Å². The number of imide groups is 2. The Bertz CT molecular complexity index is 517. The Kier molecular flexibility index (Phi) is 11.1. The maximum Gasteiger partial charge on any atom is 0.316 e. The normalized spacial score (nSPS) is 21.4. The summed E-state index contributed by atoms with van der Waals surface area (Å²) in [7, 11) is 1.90. The van der Waals surface area contributed by atoms with Crippen molar-refractivity contribution in [3.05, 3.63) is 0 Å². The molecular weight excluding hydrogens is 370 g/mol. The van der Waals surface area contributed by atoms with Crippen molar-refractivity contribution in [3.8, 4) is 0 Å². The van der Waals surface area contributed by atoms with Crippen LogP contribution >= 0.6 is 21.6 Å². The third-order valence-electron chi connectivity index (χ3n) is 2.83. The highest BCUT2D eigenvalue weighted by Gasteiger charge is 2.23. The second-order valence-corrected chi connectivity index (χ2v) is 7.27. The summed E-state index contributed by atoms with van der Waals surface area (Å²) in [5.74, 6) is -3.89. The number of carbonyl (C=O) groups excluding carboxylic acids is 5. The van der Waals surface area contributed by atoms with Crippen LogP contribution in [-0.2, 0) is 24.0 Å². The van der Waals surface area contributed by atoms with Crippen LogP contribution in [0.1, 0.15) is 6.42 Å². The topological polar surface area (TPSA) is 146 Å². The Balaban J connectivity index is 2.50. The van der Waals surface area contributed by atoms with E-state index in [4.69, 9.17) is 0 Å². The zero-order chi connectivity index (χ0) is 18.5. The van der Waals surface area contributed by atoms with Crippen LogP contribution < -0.4 is 26.6 Å². The average molecular weight is 391 g/mol. The lowest BCUT2D eigenvalue weighted by atomic mass is 10.4. The molecule has 0 aromatic rings. The van der Waals surface area contributed by atoms with Crippen molar-refractivity contribution >= 4 is 50.3 Å². The molecule has 0 unspecified atom stereocenters. The molecule has 1 rings (SSSR count). The summed E-state index contributed by atoms with van der Waals surface area (Å²) < 4.78 is 0. The van der Waals surface area contributed by atoms with Crippen LogP contribution in [0.2, 0.25) is 0 Å². The molecule has 1 aliphatic heterocycles. The molecule has 4 amide bonds. The van der Waals surface area contributed by atoms with E-state index in [1.165, 1.54) is 10.8 Å². The standard InChI is InChI=1S/C13H21N5O5S2/c19-9-8-16-6-5-15-4-3-14-2-1-7-24-25-13(23)12(22)18-11(21)10(20)17-9/h14-16H,1-8H2,(H,17,19,20)(H,18,21,22). The SMILES string of the molecule is O=C1CNCCNCCNCCCSSC(=O)C(=O)NC(=O)C(=O)N1. The minimum absolute atomic E-state index is 0.154. The van der Waals surface area contributed by atoms with Crippen molar-refractivity contribution in [2.75, 3.05) is 45.0 Å². The number of carbonyl (C=O) groups is 5. The molecule has 0 atom stereocenters. The van der Waals surface area contributed by atoms with Crippen LogP contribution in [0, 0.1) is 0 Å². The first kappa shape index (κ1) is 21.6. The highest BCUT2D eigenvalue weighted by molar-refractivity contribution is 8.82. The number of hydrogen-bond acceptors (Lipinski definition) is 10. The molecule has 1 saturated heterocycles. The molecule has 1 fully saturated rings. The van der Waals surface area contributed by atoms with Gasteiger partial charge in [0.1, 0.15) is 0 Å². The van der Waals surface area contributed by atoms with Crippen molar-refractivity contribution < 1.29 is 24.0 Å². The fourth-order valence-electron chi connectivity index (χ4n) is 1.63. The lowest BCUT2D eigenvalue weighted by Crippen LogP contribution is -2.48. The molecule has 0 aromatic carbocycles. The molecule has 0 aromatic heterocycles. The summed E-state index contributed by atoms with van der Waals surface area (Å²) in [6.45, 7) is 3.33. The maximum absolute atomic E-state index is 11.6. The van der Waals surface area contributed by atoms with Crippen molar-refractivity contribution in [1.82, 2.24) is 26.6 Å². The summed E-state index contributed by atoms with van der Waals surface area (Å²) in [6, 6.07) is 0. The van der Waals surface area contributed by atoms with Crippen molar-refractivity contribution in [2.45, 2.75) is 6.42 Å². The predicted molar refractivity (Wildman–Crippen MR) is 94.6 cm³/mol. The molecule has 0 bridgehead atoms. The Hall–Kier alpha value is -1.47. The van der Waals surface area contributed by atoms with E-state index in [-0.39, 0.29) is 6.54 Å². The first-order valence-electron chi connectivity index (χ1n) is 7.65. The molecule has 0 radical (unpaired) electrons. The monoisotopic (exact) mass is 391 g/mol. The van der Waals surface area contributed by atoms with Gasteiger partial charge in [-0.05, 0) is 23.8 Å². The van der Waals surface area contributed by atoms with Crippen LogP contribution in [0.5, 0.6) is 0 Å². The van der Waals surface area contributed by atoms with E-state index >= 15 is 0 Å². The highest BCUT2D eigenvalue weighted by atomic mass is 33.1. The highest BCUT2D eigenvalue weighted by Crippen LogP contribution is 2.22. The largest absolute Gasteiger partial charge is 0.316 e. The van der Waals surface area contributed by atoms with Crippen LogP contribution in [0.3, 0.4) is 0 Å². The number of rotatable bonds is 0. The van der Waals surface area contributed by atoms with E-state index in [1.807, 2.05) is 5.32 Å². The quantitative estimate of drug-likeness (QED) is 0.169. The van der Waals surface area contributed by atoms with Gasteiger partial charge in [0, 0.05) is 31.9 Å². The van der Waals surface area contributed by atoms with Gasteiger partial charge in [0.05, 0.1) is 6.54 Å². The minimum Gasteiger partial charge on any atom is -0.315 e. The van der Waals surface area contributed by atoms with E-state index in [2.05, 4.69) is 16.0 Å². The fourth-order valence-corrected chi connectivity index (χ4v) is 3.36. The molecule has 1 aliphatic rings. The molecule has 0 saturated carbocycles. The van der Waals surface area contributed by atoms with Gasteiger partial charge >= 0.3 is 17.7 Å². The zero-order valence-electron chi connectivity index (χ0n) is 13.5. The first-order chi connectivity index (χ1) is 12.0. The number of amides is 4. The van der Waals surface area contributed by atoms with E-state index in [0.717, 1.165) is 26.1 Å².